The third kappa shape index (κ3) is 55.1. The first-order chi connectivity index (χ1) is 33.5. The summed E-state index contributed by atoms with van der Waals surface area (Å²) in [5, 5.41) is 0. The van der Waals surface area contributed by atoms with Gasteiger partial charge in [-0.2, -0.15) is 0 Å². The third-order valence-electron chi connectivity index (χ3n) is 14.0. The second-order valence-electron chi connectivity index (χ2n) is 21.0. The van der Waals surface area contributed by atoms with Gasteiger partial charge in [0, 0.05) is 19.3 Å². The molecule has 402 valence electrons. The summed E-state index contributed by atoms with van der Waals surface area (Å²) < 4.78 is 16.8. The van der Waals surface area contributed by atoms with Crippen LogP contribution in [-0.4, -0.2) is 37.2 Å². The summed E-state index contributed by atoms with van der Waals surface area (Å²) in [7, 11) is 0. The highest BCUT2D eigenvalue weighted by Gasteiger charge is 2.19. The van der Waals surface area contributed by atoms with Crippen molar-refractivity contribution in [3.63, 3.8) is 0 Å². The summed E-state index contributed by atoms with van der Waals surface area (Å²) in [6.07, 6.45) is 66.9. The van der Waals surface area contributed by atoms with Crippen LogP contribution in [0.15, 0.2) is 12.2 Å². The minimum absolute atomic E-state index is 0.0640. The van der Waals surface area contributed by atoms with Gasteiger partial charge in [0.2, 0.25) is 0 Å². The van der Waals surface area contributed by atoms with Gasteiger partial charge in [0.15, 0.2) is 6.10 Å². The summed E-state index contributed by atoms with van der Waals surface area (Å²) >= 11 is 0. The van der Waals surface area contributed by atoms with E-state index in [-0.39, 0.29) is 31.1 Å². The Morgan fingerprint density at radius 2 is 0.485 bits per heavy atom. The fraction of sp³-hybridized carbons (Fsp3) is 0.919. The molecular weight excluding hydrogens is 841 g/mol. The summed E-state index contributed by atoms with van der Waals surface area (Å²) in [6, 6.07) is 0. The maximum Gasteiger partial charge on any atom is 0.306 e. The van der Waals surface area contributed by atoms with Crippen molar-refractivity contribution in [1.82, 2.24) is 0 Å². The maximum atomic E-state index is 12.8. The Labute approximate surface area is 424 Å². The molecule has 0 rings (SSSR count). The minimum Gasteiger partial charge on any atom is -0.462 e. The monoisotopic (exact) mass is 959 g/mol. The number of carbonyl (C=O) groups excluding carboxylic acids is 3. The second-order valence-corrected chi connectivity index (χ2v) is 21.0. The molecule has 0 aromatic rings. The summed E-state index contributed by atoms with van der Waals surface area (Å²) in [6.45, 7) is 6.64. The second kappa shape index (κ2) is 57.7. The number of hydrogen-bond acceptors (Lipinski definition) is 6. The highest BCUT2D eigenvalue weighted by Crippen LogP contribution is 2.18. The van der Waals surface area contributed by atoms with Crippen LogP contribution < -0.4 is 0 Å². The Bertz CT molecular complexity index is 1060. The van der Waals surface area contributed by atoms with E-state index in [9.17, 15) is 14.4 Å². The zero-order chi connectivity index (χ0) is 49.3. The van der Waals surface area contributed by atoms with E-state index in [1.54, 1.807) is 0 Å². The average Bonchev–Trinajstić information content (AvgIpc) is 3.34. The number of esters is 3. The summed E-state index contributed by atoms with van der Waals surface area (Å²) in [4.78, 5) is 37.9. The highest BCUT2D eigenvalue weighted by atomic mass is 16.6. The Morgan fingerprint density at radius 3 is 0.735 bits per heavy atom. The van der Waals surface area contributed by atoms with E-state index in [0.717, 1.165) is 57.8 Å². The minimum atomic E-state index is -0.761. The van der Waals surface area contributed by atoms with Crippen LogP contribution in [-0.2, 0) is 28.6 Å². The summed E-state index contributed by atoms with van der Waals surface area (Å²) in [5.41, 5.74) is 0. The largest absolute Gasteiger partial charge is 0.462 e. The first-order valence-corrected chi connectivity index (χ1v) is 30.7. The van der Waals surface area contributed by atoms with Crippen LogP contribution in [0.3, 0.4) is 0 Å². The molecule has 0 saturated carbocycles. The lowest BCUT2D eigenvalue weighted by atomic mass is 10.0. The predicted molar refractivity (Wildman–Crippen MR) is 293 cm³/mol. The van der Waals surface area contributed by atoms with Crippen LogP contribution in [0.25, 0.3) is 0 Å². The number of ether oxygens (including phenoxy) is 3. The van der Waals surface area contributed by atoms with Crippen molar-refractivity contribution in [2.45, 2.75) is 354 Å². The van der Waals surface area contributed by atoms with Gasteiger partial charge in [-0.05, 0) is 44.9 Å². The van der Waals surface area contributed by atoms with Crippen molar-refractivity contribution in [1.29, 1.82) is 0 Å². The van der Waals surface area contributed by atoms with Gasteiger partial charge in [0.25, 0.3) is 0 Å². The van der Waals surface area contributed by atoms with Crippen LogP contribution >= 0.6 is 0 Å². The number of allylic oxidation sites excluding steroid dienone is 2. The molecule has 0 spiro atoms. The fourth-order valence-electron chi connectivity index (χ4n) is 9.38. The van der Waals surface area contributed by atoms with Crippen LogP contribution in [0.4, 0.5) is 0 Å². The zero-order valence-corrected chi connectivity index (χ0v) is 46.2. The van der Waals surface area contributed by atoms with Crippen molar-refractivity contribution < 1.29 is 28.6 Å². The van der Waals surface area contributed by atoms with Crippen LogP contribution in [0.2, 0.25) is 0 Å². The molecule has 0 bridgehead atoms. The van der Waals surface area contributed by atoms with E-state index in [1.165, 1.54) is 250 Å². The maximum absolute atomic E-state index is 12.8. The molecule has 0 aromatic carbocycles. The van der Waals surface area contributed by atoms with Crippen LogP contribution in [0.1, 0.15) is 348 Å². The van der Waals surface area contributed by atoms with Crippen molar-refractivity contribution in [2.24, 2.45) is 0 Å². The zero-order valence-electron chi connectivity index (χ0n) is 46.2. The summed E-state index contributed by atoms with van der Waals surface area (Å²) in [5.74, 6) is -0.850. The van der Waals surface area contributed by atoms with E-state index < -0.39 is 6.10 Å². The molecule has 0 aliphatic carbocycles. The van der Waals surface area contributed by atoms with Gasteiger partial charge < -0.3 is 14.2 Å². The van der Waals surface area contributed by atoms with E-state index in [2.05, 4.69) is 32.9 Å². The SMILES string of the molecule is CCCCCCCCCC/C=C\CCCCCCCCCCCCCCCCCCCC(=O)OCC(COC(=O)CCCCCCCC)OC(=O)CCCCCCCCCCCCCCCCC. The molecule has 0 N–H and O–H groups in total. The van der Waals surface area contributed by atoms with Crippen LogP contribution in [0.5, 0.6) is 0 Å². The molecule has 6 nitrogen and oxygen atoms in total. The van der Waals surface area contributed by atoms with Crippen molar-refractivity contribution in [3.05, 3.63) is 12.2 Å². The van der Waals surface area contributed by atoms with Gasteiger partial charge in [-0.3, -0.25) is 14.4 Å². The molecule has 0 aliphatic rings. The van der Waals surface area contributed by atoms with Crippen molar-refractivity contribution in [2.75, 3.05) is 13.2 Å². The normalized spacial score (nSPS) is 12.0. The number of hydrogen-bond donors (Lipinski definition) is 0. The van der Waals surface area contributed by atoms with Crippen LogP contribution in [0, 0.1) is 0 Å². The molecule has 0 heterocycles. The molecule has 68 heavy (non-hydrogen) atoms. The Morgan fingerprint density at radius 1 is 0.279 bits per heavy atom. The van der Waals surface area contributed by atoms with Crippen molar-refractivity contribution >= 4 is 17.9 Å². The number of rotatable bonds is 57. The molecule has 1 unspecified atom stereocenters. The van der Waals surface area contributed by atoms with E-state index in [4.69, 9.17) is 14.2 Å². The molecule has 0 radical (unpaired) electrons. The Kier molecular flexibility index (Phi) is 56.2. The van der Waals surface area contributed by atoms with Gasteiger partial charge in [0.1, 0.15) is 13.2 Å². The number of carbonyl (C=O) groups is 3. The van der Waals surface area contributed by atoms with E-state index >= 15 is 0 Å². The lowest BCUT2D eigenvalue weighted by molar-refractivity contribution is -0.167. The fourth-order valence-corrected chi connectivity index (χ4v) is 9.38. The molecule has 0 aliphatic heterocycles. The first-order valence-electron chi connectivity index (χ1n) is 30.7. The standard InChI is InChI=1S/C62H118O6/c1-4-7-10-13-16-18-20-22-24-25-26-27-28-29-30-31-32-33-34-35-36-37-39-40-42-44-46-49-52-55-61(64)67-58-59(57-66-60(63)54-51-48-15-12-9-6-3)68-62(65)56-53-50-47-45-43-41-38-23-21-19-17-14-11-8-5-2/h25-26,59H,4-24,27-58H2,1-3H3/b26-25-. The molecule has 0 fully saturated rings. The third-order valence-corrected chi connectivity index (χ3v) is 14.0. The van der Waals surface area contributed by atoms with E-state index in [0.29, 0.717) is 19.3 Å². The Balaban J connectivity index is 3.96. The molecular formula is C62H118O6. The Hall–Kier alpha value is -1.85. The smallest absolute Gasteiger partial charge is 0.306 e. The lowest BCUT2D eigenvalue weighted by Crippen LogP contribution is -2.30. The molecule has 0 amide bonds. The van der Waals surface area contributed by atoms with Gasteiger partial charge in [-0.15, -0.1) is 0 Å². The predicted octanol–water partition coefficient (Wildman–Crippen LogP) is 20.5. The van der Waals surface area contributed by atoms with Crippen molar-refractivity contribution in [3.8, 4) is 0 Å². The molecule has 0 aromatic heterocycles. The van der Waals surface area contributed by atoms with Gasteiger partial charge >= 0.3 is 17.9 Å². The molecule has 1 atom stereocenters. The average molecular weight is 960 g/mol. The highest BCUT2D eigenvalue weighted by molar-refractivity contribution is 5.71. The quantitative estimate of drug-likeness (QED) is 0.0262. The first kappa shape index (κ1) is 66.2. The van der Waals surface area contributed by atoms with E-state index in [1.807, 2.05) is 0 Å². The molecule has 0 saturated heterocycles. The number of unbranched alkanes of at least 4 members (excludes halogenated alkanes) is 44. The van der Waals surface area contributed by atoms with Gasteiger partial charge in [-0.25, -0.2) is 0 Å². The topological polar surface area (TPSA) is 78.9 Å². The lowest BCUT2D eigenvalue weighted by Gasteiger charge is -2.18. The molecule has 6 heteroatoms. The van der Waals surface area contributed by atoms with Gasteiger partial charge in [-0.1, -0.05) is 296 Å². The van der Waals surface area contributed by atoms with Gasteiger partial charge in [0.05, 0.1) is 0 Å².